The number of hydrogen-bond acceptors (Lipinski definition) is 4. The van der Waals surface area contributed by atoms with Crippen molar-refractivity contribution < 1.29 is 9.63 Å². The first-order valence-corrected chi connectivity index (χ1v) is 5.75. The van der Waals surface area contributed by atoms with Crippen molar-refractivity contribution in [2.75, 3.05) is 0 Å². The summed E-state index contributed by atoms with van der Waals surface area (Å²) in [6.45, 7) is 4.16. The zero-order valence-electron chi connectivity index (χ0n) is 9.64. The summed E-state index contributed by atoms with van der Waals surface area (Å²) in [5.41, 5.74) is 0.550. The maximum Gasteiger partial charge on any atom is 0.259 e. The van der Waals surface area contributed by atoms with Gasteiger partial charge in [0.15, 0.2) is 5.82 Å². The van der Waals surface area contributed by atoms with Crippen LogP contribution in [0.1, 0.15) is 19.7 Å². The number of hydrogen-bond donors (Lipinski definition) is 1. The molecule has 0 fully saturated rings. The first-order valence-electron chi connectivity index (χ1n) is 5.37. The van der Waals surface area contributed by atoms with Gasteiger partial charge in [0.2, 0.25) is 0 Å². The maximum atomic E-state index is 9.40. The van der Waals surface area contributed by atoms with E-state index in [1.807, 2.05) is 0 Å². The molecule has 0 aliphatic rings. The van der Waals surface area contributed by atoms with Gasteiger partial charge in [-0.05, 0) is 24.1 Å². The molecule has 0 atom stereocenters. The van der Waals surface area contributed by atoms with E-state index >= 15 is 0 Å². The van der Waals surface area contributed by atoms with Gasteiger partial charge >= 0.3 is 0 Å². The lowest BCUT2D eigenvalue weighted by atomic mass is 10.1. The standard InChI is InChI=1S/C12H13ClN2O2/c1-7(2)5-11-14-12(17-15-11)9-6-8(16)3-4-10(9)13/h3-4,6-7,16H,5H2,1-2H3. The quantitative estimate of drug-likeness (QED) is 0.911. The van der Waals surface area contributed by atoms with Crippen LogP contribution in [0, 0.1) is 5.92 Å². The van der Waals surface area contributed by atoms with E-state index in [1.165, 1.54) is 12.1 Å². The highest BCUT2D eigenvalue weighted by molar-refractivity contribution is 6.33. The summed E-state index contributed by atoms with van der Waals surface area (Å²) in [4.78, 5) is 4.25. The van der Waals surface area contributed by atoms with Crippen LogP contribution < -0.4 is 0 Å². The molecule has 0 unspecified atom stereocenters. The van der Waals surface area contributed by atoms with Crippen molar-refractivity contribution in [1.82, 2.24) is 10.1 Å². The van der Waals surface area contributed by atoms with Gasteiger partial charge in [-0.2, -0.15) is 4.98 Å². The highest BCUT2D eigenvalue weighted by Crippen LogP contribution is 2.29. The van der Waals surface area contributed by atoms with Gasteiger partial charge in [-0.15, -0.1) is 0 Å². The van der Waals surface area contributed by atoms with Gasteiger partial charge in [0.05, 0.1) is 10.6 Å². The number of halogens is 1. The molecule has 1 N–H and O–H groups in total. The van der Waals surface area contributed by atoms with Crippen LogP contribution in [0.15, 0.2) is 22.7 Å². The van der Waals surface area contributed by atoms with Crippen molar-refractivity contribution in [3.05, 3.63) is 29.0 Å². The summed E-state index contributed by atoms with van der Waals surface area (Å²) in [6, 6.07) is 4.62. The molecule has 2 aromatic rings. The van der Waals surface area contributed by atoms with Crippen molar-refractivity contribution in [1.29, 1.82) is 0 Å². The molecule has 2 rings (SSSR count). The van der Waals surface area contributed by atoms with Crippen LogP contribution in [0.2, 0.25) is 5.02 Å². The Balaban J connectivity index is 2.33. The number of nitrogens with zero attached hydrogens (tertiary/aromatic N) is 2. The van der Waals surface area contributed by atoms with Gasteiger partial charge < -0.3 is 9.63 Å². The second kappa shape index (κ2) is 4.75. The molecule has 0 aliphatic carbocycles. The number of aromatic hydroxyl groups is 1. The Labute approximate surface area is 104 Å². The topological polar surface area (TPSA) is 59.2 Å². The molecule has 0 saturated heterocycles. The fourth-order valence-electron chi connectivity index (χ4n) is 1.49. The third kappa shape index (κ3) is 2.77. The van der Waals surface area contributed by atoms with Crippen LogP contribution >= 0.6 is 11.6 Å². The average Bonchev–Trinajstić information content (AvgIpc) is 2.69. The van der Waals surface area contributed by atoms with Gasteiger partial charge in [-0.3, -0.25) is 0 Å². The lowest BCUT2D eigenvalue weighted by molar-refractivity contribution is 0.417. The van der Waals surface area contributed by atoms with Crippen LogP contribution in [-0.4, -0.2) is 15.2 Å². The Morgan fingerprint density at radius 1 is 1.41 bits per heavy atom. The molecular formula is C12H13ClN2O2. The molecular weight excluding hydrogens is 240 g/mol. The summed E-state index contributed by atoms with van der Waals surface area (Å²) < 4.78 is 5.13. The third-order valence-electron chi connectivity index (χ3n) is 2.24. The van der Waals surface area contributed by atoms with Crippen LogP contribution in [0.25, 0.3) is 11.5 Å². The Kier molecular flexibility index (Phi) is 3.33. The van der Waals surface area contributed by atoms with Gasteiger partial charge in [-0.1, -0.05) is 30.6 Å². The first kappa shape index (κ1) is 11.9. The van der Waals surface area contributed by atoms with Gasteiger partial charge in [0.25, 0.3) is 5.89 Å². The molecule has 17 heavy (non-hydrogen) atoms. The zero-order chi connectivity index (χ0) is 12.4. The van der Waals surface area contributed by atoms with Crippen LogP contribution in [0.5, 0.6) is 5.75 Å². The number of benzene rings is 1. The fourth-order valence-corrected chi connectivity index (χ4v) is 1.69. The highest BCUT2D eigenvalue weighted by Gasteiger charge is 2.13. The predicted octanol–water partition coefficient (Wildman–Crippen LogP) is 3.29. The molecule has 0 saturated carbocycles. The van der Waals surface area contributed by atoms with Crippen molar-refractivity contribution in [3.8, 4) is 17.2 Å². The lowest BCUT2D eigenvalue weighted by Crippen LogP contribution is -1.95. The van der Waals surface area contributed by atoms with Crippen LogP contribution in [-0.2, 0) is 6.42 Å². The van der Waals surface area contributed by atoms with E-state index in [0.717, 1.165) is 6.42 Å². The second-order valence-electron chi connectivity index (χ2n) is 4.28. The van der Waals surface area contributed by atoms with E-state index in [-0.39, 0.29) is 5.75 Å². The monoisotopic (exact) mass is 252 g/mol. The predicted molar refractivity (Wildman–Crippen MR) is 65.0 cm³/mol. The first-order chi connectivity index (χ1) is 8.06. The van der Waals surface area contributed by atoms with Gasteiger partial charge in [0, 0.05) is 6.42 Å². The molecule has 0 bridgehead atoms. The summed E-state index contributed by atoms with van der Waals surface area (Å²) in [5.74, 6) is 1.56. The number of phenolic OH excluding ortho intramolecular Hbond substituents is 1. The van der Waals surface area contributed by atoms with Crippen LogP contribution in [0.3, 0.4) is 0 Å². The van der Waals surface area contributed by atoms with E-state index in [4.69, 9.17) is 16.1 Å². The molecule has 5 heteroatoms. The summed E-state index contributed by atoms with van der Waals surface area (Å²) in [6.07, 6.45) is 0.750. The normalized spacial score (nSPS) is 11.1. The molecule has 0 aliphatic heterocycles. The average molecular weight is 253 g/mol. The second-order valence-corrected chi connectivity index (χ2v) is 4.69. The molecule has 0 spiro atoms. The Bertz CT molecular complexity index is 523. The van der Waals surface area contributed by atoms with Crippen molar-refractivity contribution in [3.63, 3.8) is 0 Å². The minimum atomic E-state index is 0.119. The Hall–Kier alpha value is -1.55. The zero-order valence-corrected chi connectivity index (χ0v) is 10.4. The number of phenols is 1. The Morgan fingerprint density at radius 2 is 2.18 bits per heavy atom. The fraction of sp³-hybridized carbons (Fsp3) is 0.333. The van der Waals surface area contributed by atoms with Crippen molar-refractivity contribution in [2.45, 2.75) is 20.3 Å². The smallest absolute Gasteiger partial charge is 0.259 e. The van der Waals surface area contributed by atoms with E-state index in [0.29, 0.717) is 28.2 Å². The van der Waals surface area contributed by atoms with Gasteiger partial charge in [0.1, 0.15) is 5.75 Å². The van der Waals surface area contributed by atoms with E-state index in [1.54, 1.807) is 6.07 Å². The number of aromatic nitrogens is 2. The largest absolute Gasteiger partial charge is 0.508 e. The summed E-state index contributed by atoms with van der Waals surface area (Å²) in [7, 11) is 0. The SMILES string of the molecule is CC(C)Cc1noc(-c2cc(O)ccc2Cl)n1. The lowest BCUT2D eigenvalue weighted by Gasteiger charge is -1.99. The molecule has 1 aromatic carbocycles. The van der Waals surface area contributed by atoms with Crippen molar-refractivity contribution in [2.24, 2.45) is 5.92 Å². The minimum absolute atomic E-state index is 0.119. The third-order valence-corrected chi connectivity index (χ3v) is 2.57. The molecule has 4 nitrogen and oxygen atoms in total. The molecule has 1 heterocycles. The number of rotatable bonds is 3. The van der Waals surface area contributed by atoms with Crippen molar-refractivity contribution >= 4 is 11.6 Å². The molecule has 0 radical (unpaired) electrons. The van der Waals surface area contributed by atoms with Gasteiger partial charge in [-0.25, -0.2) is 0 Å². The molecule has 0 amide bonds. The summed E-state index contributed by atoms with van der Waals surface area (Å²) in [5, 5.41) is 13.8. The summed E-state index contributed by atoms with van der Waals surface area (Å²) >= 11 is 6.01. The van der Waals surface area contributed by atoms with Crippen LogP contribution in [0.4, 0.5) is 0 Å². The van der Waals surface area contributed by atoms with E-state index in [9.17, 15) is 5.11 Å². The Morgan fingerprint density at radius 3 is 2.88 bits per heavy atom. The highest BCUT2D eigenvalue weighted by atomic mass is 35.5. The minimum Gasteiger partial charge on any atom is -0.508 e. The van der Waals surface area contributed by atoms with E-state index in [2.05, 4.69) is 24.0 Å². The maximum absolute atomic E-state index is 9.40. The molecule has 90 valence electrons. The van der Waals surface area contributed by atoms with E-state index < -0.39 is 0 Å². The molecule has 1 aromatic heterocycles.